The number of anilines is 2. The third-order valence-corrected chi connectivity index (χ3v) is 6.67. The van der Waals surface area contributed by atoms with Crippen LogP contribution in [0.5, 0.6) is 5.75 Å². The van der Waals surface area contributed by atoms with Gasteiger partial charge in [-0.25, -0.2) is 0 Å². The van der Waals surface area contributed by atoms with E-state index < -0.39 is 0 Å². The third-order valence-electron chi connectivity index (χ3n) is 4.70. The number of benzene rings is 1. The number of carbonyl (C=O) groups is 1. The Balaban J connectivity index is 1.50. The van der Waals surface area contributed by atoms with E-state index in [0.717, 1.165) is 34.6 Å². The zero-order valence-corrected chi connectivity index (χ0v) is 19.5. The number of para-hydroxylation sites is 2. The average molecular weight is 462 g/mol. The van der Waals surface area contributed by atoms with Crippen molar-refractivity contribution in [3.8, 4) is 5.75 Å². The smallest absolute Gasteiger partial charge is 0.230 e. The molecule has 0 fully saturated rings. The number of amides is 1. The lowest BCUT2D eigenvalue weighted by Crippen LogP contribution is -2.38. The molecule has 0 saturated carbocycles. The lowest BCUT2D eigenvalue weighted by Gasteiger charge is -2.28. The molecule has 0 aliphatic heterocycles. The Hall–Kier alpha value is -2.56. The molecule has 166 valence electrons. The fraction of sp³-hybridized carbons (Fsp3) is 0.381. The van der Waals surface area contributed by atoms with Crippen LogP contribution in [0, 0.1) is 0 Å². The van der Waals surface area contributed by atoms with Crippen molar-refractivity contribution < 1.29 is 13.9 Å². The Kier molecular flexibility index (Phi) is 8.74. The molecule has 8 nitrogen and oxygen atoms in total. The SMILES string of the molecule is CCN(CC)C(CNC(=O)CSc1nnc(Nc2ccccc2OC)s1)c1ccco1. The molecule has 3 rings (SSSR count). The molecule has 2 heterocycles. The van der Waals surface area contributed by atoms with Gasteiger partial charge in [0.25, 0.3) is 0 Å². The van der Waals surface area contributed by atoms with Crippen LogP contribution in [0.2, 0.25) is 0 Å². The van der Waals surface area contributed by atoms with Crippen molar-refractivity contribution in [1.82, 2.24) is 20.4 Å². The van der Waals surface area contributed by atoms with Gasteiger partial charge < -0.3 is 19.8 Å². The first-order chi connectivity index (χ1) is 15.1. The second-order valence-electron chi connectivity index (χ2n) is 6.54. The number of furan rings is 1. The van der Waals surface area contributed by atoms with Crippen molar-refractivity contribution in [3.63, 3.8) is 0 Å². The van der Waals surface area contributed by atoms with Crippen LogP contribution in [-0.4, -0.2) is 53.5 Å². The zero-order chi connectivity index (χ0) is 22.1. The molecule has 0 saturated heterocycles. The number of nitrogens with one attached hydrogen (secondary N) is 2. The number of ether oxygens (including phenoxy) is 1. The summed E-state index contributed by atoms with van der Waals surface area (Å²) in [6.45, 7) is 6.44. The Morgan fingerprint density at radius 3 is 2.74 bits per heavy atom. The number of hydrogen-bond acceptors (Lipinski definition) is 9. The maximum Gasteiger partial charge on any atom is 0.230 e. The summed E-state index contributed by atoms with van der Waals surface area (Å²) in [5, 5.41) is 15.2. The van der Waals surface area contributed by atoms with Crippen LogP contribution in [0.3, 0.4) is 0 Å². The summed E-state index contributed by atoms with van der Waals surface area (Å²) in [5.74, 6) is 1.80. The van der Waals surface area contributed by atoms with Gasteiger partial charge in [-0.15, -0.1) is 10.2 Å². The predicted octanol–water partition coefficient (Wildman–Crippen LogP) is 4.17. The van der Waals surface area contributed by atoms with Gasteiger partial charge in [0, 0.05) is 6.54 Å². The van der Waals surface area contributed by atoms with Gasteiger partial charge in [-0.05, 0) is 37.4 Å². The summed E-state index contributed by atoms with van der Waals surface area (Å²) in [4.78, 5) is 14.7. The van der Waals surface area contributed by atoms with E-state index >= 15 is 0 Å². The molecular formula is C21H27N5O3S2. The number of hydrogen-bond donors (Lipinski definition) is 2. The normalized spacial score (nSPS) is 12.0. The minimum Gasteiger partial charge on any atom is -0.495 e. The van der Waals surface area contributed by atoms with E-state index in [1.165, 1.54) is 23.1 Å². The fourth-order valence-corrected chi connectivity index (χ4v) is 4.72. The fourth-order valence-electron chi connectivity index (χ4n) is 3.13. The van der Waals surface area contributed by atoms with E-state index in [2.05, 4.69) is 39.6 Å². The van der Waals surface area contributed by atoms with E-state index in [0.29, 0.717) is 11.7 Å². The molecule has 0 aliphatic carbocycles. The van der Waals surface area contributed by atoms with Gasteiger partial charge in [0.05, 0.1) is 30.9 Å². The van der Waals surface area contributed by atoms with Crippen LogP contribution >= 0.6 is 23.1 Å². The van der Waals surface area contributed by atoms with Crippen molar-refractivity contribution >= 4 is 39.8 Å². The maximum atomic E-state index is 12.4. The van der Waals surface area contributed by atoms with Crippen molar-refractivity contribution in [2.24, 2.45) is 0 Å². The van der Waals surface area contributed by atoms with E-state index in [-0.39, 0.29) is 17.7 Å². The molecule has 0 bridgehead atoms. The van der Waals surface area contributed by atoms with E-state index in [1.807, 2.05) is 36.4 Å². The number of rotatable bonds is 12. The number of carbonyl (C=O) groups excluding carboxylic acids is 1. The zero-order valence-electron chi connectivity index (χ0n) is 17.8. The average Bonchev–Trinajstić information content (AvgIpc) is 3.48. The maximum absolute atomic E-state index is 12.4. The molecule has 0 radical (unpaired) electrons. The van der Waals surface area contributed by atoms with Crippen LogP contribution in [0.15, 0.2) is 51.4 Å². The van der Waals surface area contributed by atoms with Crippen molar-refractivity contribution in [2.75, 3.05) is 37.8 Å². The first-order valence-corrected chi connectivity index (χ1v) is 11.8. The molecule has 2 N–H and O–H groups in total. The number of aromatic nitrogens is 2. The Morgan fingerprint density at radius 2 is 2.03 bits per heavy atom. The summed E-state index contributed by atoms with van der Waals surface area (Å²) in [7, 11) is 1.62. The van der Waals surface area contributed by atoms with Crippen molar-refractivity contribution in [1.29, 1.82) is 0 Å². The molecule has 3 aromatic rings. The molecule has 1 atom stereocenters. The number of nitrogens with zero attached hydrogens (tertiary/aromatic N) is 3. The summed E-state index contributed by atoms with van der Waals surface area (Å²) >= 11 is 2.76. The second kappa shape index (κ2) is 11.7. The first kappa shape index (κ1) is 23.1. The Bertz CT molecular complexity index is 944. The third kappa shape index (κ3) is 6.46. The summed E-state index contributed by atoms with van der Waals surface area (Å²) in [6, 6.07) is 11.4. The quantitative estimate of drug-likeness (QED) is 0.388. The van der Waals surface area contributed by atoms with Gasteiger partial charge in [-0.3, -0.25) is 9.69 Å². The standard InChI is InChI=1S/C21H27N5O3S2/c1-4-26(5-2)16(18-11-8-12-29-18)13-22-19(27)14-30-21-25-24-20(31-21)23-15-9-6-7-10-17(15)28-3/h6-12,16H,4-5,13-14H2,1-3H3,(H,22,27)(H,23,24). The van der Waals surface area contributed by atoms with Crippen molar-refractivity contribution in [2.45, 2.75) is 24.2 Å². The van der Waals surface area contributed by atoms with Crippen LogP contribution < -0.4 is 15.4 Å². The highest BCUT2D eigenvalue weighted by Crippen LogP contribution is 2.31. The van der Waals surface area contributed by atoms with E-state index in [9.17, 15) is 4.79 Å². The Morgan fingerprint density at radius 1 is 1.23 bits per heavy atom. The summed E-state index contributed by atoms with van der Waals surface area (Å²) < 4.78 is 11.6. The van der Waals surface area contributed by atoms with Crippen LogP contribution in [0.25, 0.3) is 0 Å². The highest BCUT2D eigenvalue weighted by molar-refractivity contribution is 8.01. The molecule has 1 amide bonds. The van der Waals surface area contributed by atoms with Gasteiger partial charge in [-0.2, -0.15) is 0 Å². The summed E-state index contributed by atoms with van der Waals surface area (Å²) in [5.41, 5.74) is 0.816. The highest BCUT2D eigenvalue weighted by atomic mass is 32.2. The van der Waals surface area contributed by atoms with E-state index in [4.69, 9.17) is 9.15 Å². The van der Waals surface area contributed by atoms with Crippen molar-refractivity contribution in [3.05, 3.63) is 48.4 Å². The second-order valence-corrected chi connectivity index (χ2v) is 8.74. The molecule has 0 aliphatic rings. The van der Waals surface area contributed by atoms with Gasteiger partial charge in [0.2, 0.25) is 11.0 Å². The predicted molar refractivity (Wildman–Crippen MR) is 124 cm³/mol. The van der Waals surface area contributed by atoms with Gasteiger partial charge in [-0.1, -0.05) is 49.1 Å². The van der Waals surface area contributed by atoms with Gasteiger partial charge in [0.1, 0.15) is 11.5 Å². The largest absolute Gasteiger partial charge is 0.495 e. The van der Waals surface area contributed by atoms with Gasteiger partial charge in [0.15, 0.2) is 4.34 Å². The van der Waals surface area contributed by atoms with E-state index in [1.54, 1.807) is 13.4 Å². The van der Waals surface area contributed by atoms with Crippen LogP contribution in [0.1, 0.15) is 25.6 Å². The molecule has 10 heteroatoms. The van der Waals surface area contributed by atoms with Gasteiger partial charge >= 0.3 is 0 Å². The number of methoxy groups -OCH3 is 1. The number of likely N-dealkylation sites (N-methyl/N-ethyl adjacent to an activating group) is 1. The molecule has 0 spiro atoms. The molecule has 1 aromatic carbocycles. The highest BCUT2D eigenvalue weighted by Gasteiger charge is 2.21. The molecule has 1 unspecified atom stereocenters. The molecule has 31 heavy (non-hydrogen) atoms. The Labute approximate surface area is 190 Å². The minimum absolute atomic E-state index is 0.0112. The topological polar surface area (TPSA) is 92.5 Å². The number of thioether (sulfide) groups is 1. The molecule has 2 aromatic heterocycles. The van der Waals surface area contributed by atoms with Crippen LogP contribution in [-0.2, 0) is 4.79 Å². The lowest BCUT2D eigenvalue weighted by molar-refractivity contribution is -0.118. The molecular weight excluding hydrogens is 434 g/mol. The monoisotopic (exact) mass is 461 g/mol. The first-order valence-electron chi connectivity index (χ1n) is 10.0. The lowest BCUT2D eigenvalue weighted by atomic mass is 10.2. The summed E-state index contributed by atoms with van der Waals surface area (Å²) in [6.07, 6.45) is 1.66. The minimum atomic E-state index is -0.0526. The van der Waals surface area contributed by atoms with Crippen LogP contribution in [0.4, 0.5) is 10.8 Å².